The number of anilines is 1. The summed E-state index contributed by atoms with van der Waals surface area (Å²) in [5.41, 5.74) is 2.69. The predicted octanol–water partition coefficient (Wildman–Crippen LogP) is 3.58. The van der Waals surface area contributed by atoms with Crippen molar-refractivity contribution >= 4 is 17.6 Å². The van der Waals surface area contributed by atoms with Gasteiger partial charge in [-0.05, 0) is 12.5 Å². The number of nitrogens with zero attached hydrogens (tertiary/aromatic N) is 4. The highest BCUT2D eigenvalue weighted by Crippen LogP contribution is 2.22. The predicted molar refractivity (Wildman–Crippen MR) is 106 cm³/mol. The molecule has 0 aliphatic heterocycles. The van der Waals surface area contributed by atoms with Gasteiger partial charge < -0.3 is 10.1 Å². The van der Waals surface area contributed by atoms with Gasteiger partial charge in [-0.1, -0.05) is 60.7 Å². The van der Waals surface area contributed by atoms with Crippen molar-refractivity contribution < 1.29 is 9.53 Å². The Morgan fingerprint density at radius 3 is 2.46 bits per heavy atom. The van der Waals surface area contributed by atoms with Gasteiger partial charge in [0.15, 0.2) is 11.5 Å². The molecule has 0 amide bonds. The van der Waals surface area contributed by atoms with E-state index in [2.05, 4.69) is 20.4 Å². The van der Waals surface area contributed by atoms with E-state index in [-0.39, 0.29) is 6.61 Å². The minimum absolute atomic E-state index is 0.284. The first-order chi connectivity index (χ1) is 13.8. The Morgan fingerprint density at radius 2 is 1.75 bits per heavy atom. The van der Waals surface area contributed by atoms with E-state index < -0.39 is 5.97 Å². The molecule has 0 saturated carbocycles. The highest BCUT2D eigenvalue weighted by Gasteiger charge is 2.19. The Labute approximate surface area is 162 Å². The number of esters is 1. The van der Waals surface area contributed by atoms with Crippen LogP contribution in [0.2, 0.25) is 0 Å². The van der Waals surface area contributed by atoms with Crippen LogP contribution in [0.1, 0.15) is 22.8 Å². The van der Waals surface area contributed by atoms with Crippen LogP contribution in [-0.4, -0.2) is 32.2 Å². The Balaban J connectivity index is 1.78. The Bertz CT molecular complexity index is 1090. The van der Waals surface area contributed by atoms with Gasteiger partial charge in [0.05, 0.1) is 12.8 Å². The van der Waals surface area contributed by atoms with E-state index in [1.165, 1.54) is 6.20 Å². The molecular formula is C21H19N5O2. The Kier molecular flexibility index (Phi) is 4.97. The SMILES string of the molecule is CCOC(=O)c1cnn2c(-c3ccccc3)nc(NCc3ccccc3)nc12. The summed E-state index contributed by atoms with van der Waals surface area (Å²) in [5, 5.41) is 7.56. The zero-order valence-corrected chi connectivity index (χ0v) is 15.4. The minimum Gasteiger partial charge on any atom is -0.462 e. The smallest absolute Gasteiger partial charge is 0.343 e. The molecule has 0 fully saturated rings. The normalized spacial score (nSPS) is 10.8. The maximum absolute atomic E-state index is 12.3. The molecule has 0 unspecified atom stereocenters. The van der Waals surface area contributed by atoms with E-state index in [0.29, 0.717) is 29.5 Å². The third-order valence-corrected chi connectivity index (χ3v) is 4.19. The summed E-state index contributed by atoms with van der Waals surface area (Å²) < 4.78 is 6.70. The minimum atomic E-state index is -0.454. The van der Waals surface area contributed by atoms with Crippen LogP contribution in [0.3, 0.4) is 0 Å². The lowest BCUT2D eigenvalue weighted by atomic mass is 10.2. The molecule has 1 N–H and O–H groups in total. The fourth-order valence-corrected chi connectivity index (χ4v) is 2.86. The van der Waals surface area contributed by atoms with Gasteiger partial charge in [-0.25, -0.2) is 4.79 Å². The van der Waals surface area contributed by atoms with Gasteiger partial charge >= 0.3 is 5.97 Å². The Morgan fingerprint density at radius 1 is 1.04 bits per heavy atom. The number of rotatable bonds is 6. The van der Waals surface area contributed by atoms with Gasteiger partial charge in [0.1, 0.15) is 5.56 Å². The van der Waals surface area contributed by atoms with Crippen molar-refractivity contribution in [2.45, 2.75) is 13.5 Å². The lowest BCUT2D eigenvalue weighted by molar-refractivity contribution is 0.0528. The first-order valence-corrected chi connectivity index (χ1v) is 9.02. The third-order valence-electron chi connectivity index (χ3n) is 4.19. The van der Waals surface area contributed by atoms with Gasteiger partial charge in [0.2, 0.25) is 5.95 Å². The molecular weight excluding hydrogens is 354 g/mol. The van der Waals surface area contributed by atoms with Crippen LogP contribution in [0.25, 0.3) is 17.0 Å². The van der Waals surface area contributed by atoms with Crippen LogP contribution in [0, 0.1) is 0 Å². The standard InChI is InChI=1S/C21H19N5O2/c1-2-28-20(27)17-14-23-26-18(16-11-7-4-8-12-16)24-21(25-19(17)26)22-13-15-9-5-3-6-10-15/h3-12,14H,2,13H2,1H3,(H,22,25). The molecule has 4 rings (SSSR count). The van der Waals surface area contributed by atoms with E-state index in [0.717, 1.165) is 11.1 Å². The van der Waals surface area contributed by atoms with Crippen LogP contribution >= 0.6 is 0 Å². The van der Waals surface area contributed by atoms with Gasteiger partial charge in [-0.15, -0.1) is 0 Å². The molecule has 0 atom stereocenters. The fraction of sp³-hybridized carbons (Fsp3) is 0.143. The van der Waals surface area contributed by atoms with E-state index in [1.54, 1.807) is 11.4 Å². The number of hydrogen-bond donors (Lipinski definition) is 1. The van der Waals surface area contributed by atoms with Crippen molar-refractivity contribution in [1.29, 1.82) is 0 Å². The second kappa shape index (κ2) is 7.87. The number of nitrogens with one attached hydrogen (secondary N) is 1. The largest absolute Gasteiger partial charge is 0.462 e. The summed E-state index contributed by atoms with van der Waals surface area (Å²) in [4.78, 5) is 21.4. The first kappa shape index (κ1) is 17.7. The molecule has 0 spiro atoms. The summed E-state index contributed by atoms with van der Waals surface area (Å²) in [6.45, 7) is 2.61. The summed E-state index contributed by atoms with van der Waals surface area (Å²) in [5.74, 6) is 0.558. The number of hydrogen-bond acceptors (Lipinski definition) is 6. The third kappa shape index (κ3) is 3.55. The number of carbonyl (C=O) groups excluding carboxylic acids is 1. The fourth-order valence-electron chi connectivity index (χ4n) is 2.86. The van der Waals surface area contributed by atoms with Crippen molar-refractivity contribution in [3.63, 3.8) is 0 Å². The van der Waals surface area contributed by atoms with Crippen molar-refractivity contribution in [3.05, 3.63) is 78.0 Å². The van der Waals surface area contributed by atoms with Gasteiger partial charge in [0.25, 0.3) is 0 Å². The molecule has 28 heavy (non-hydrogen) atoms. The number of fused-ring (bicyclic) bond motifs is 1. The average Bonchev–Trinajstić information content (AvgIpc) is 3.17. The maximum Gasteiger partial charge on any atom is 0.343 e. The van der Waals surface area contributed by atoms with Crippen LogP contribution in [0.4, 0.5) is 5.95 Å². The van der Waals surface area contributed by atoms with E-state index in [9.17, 15) is 4.79 Å². The molecule has 2 heterocycles. The summed E-state index contributed by atoms with van der Waals surface area (Å²) in [7, 11) is 0. The quantitative estimate of drug-likeness (QED) is 0.520. The van der Waals surface area contributed by atoms with E-state index in [4.69, 9.17) is 4.74 Å². The lowest BCUT2D eigenvalue weighted by Crippen LogP contribution is -2.10. The zero-order valence-electron chi connectivity index (χ0n) is 15.4. The van der Waals surface area contributed by atoms with Gasteiger partial charge in [-0.2, -0.15) is 19.6 Å². The molecule has 140 valence electrons. The molecule has 7 heteroatoms. The highest BCUT2D eigenvalue weighted by molar-refractivity contribution is 5.96. The average molecular weight is 373 g/mol. The van der Waals surface area contributed by atoms with Crippen LogP contribution in [0.5, 0.6) is 0 Å². The number of aromatic nitrogens is 4. The molecule has 7 nitrogen and oxygen atoms in total. The number of carbonyl (C=O) groups is 1. The van der Waals surface area contributed by atoms with Crippen LogP contribution in [-0.2, 0) is 11.3 Å². The molecule has 4 aromatic rings. The highest BCUT2D eigenvalue weighted by atomic mass is 16.5. The molecule has 2 aromatic carbocycles. The molecule has 0 aliphatic rings. The van der Waals surface area contributed by atoms with Crippen LogP contribution in [0.15, 0.2) is 66.9 Å². The second-order valence-corrected chi connectivity index (χ2v) is 6.09. The molecule has 0 saturated heterocycles. The monoisotopic (exact) mass is 373 g/mol. The molecule has 0 radical (unpaired) electrons. The summed E-state index contributed by atoms with van der Waals surface area (Å²) >= 11 is 0. The van der Waals surface area contributed by atoms with Crippen molar-refractivity contribution in [2.24, 2.45) is 0 Å². The number of benzene rings is 2. The summed E-state index contributed by atoms with van der Waals surface area (Å²) in [6, 6.07) is 19.6. The van der Waals surface area contributed by atoms with Crippen molar-refractivity contribution in [1.82, 2.24) is 19.6 Å². The number of ether oxygens (including phenoxy) is 1. The van der Waals surface area contributed by atoms with Gasteiger partial charge in [-0.3, -0.25) is 0 Å². The first-order valence-electron chi connectivity index (χ1n) is 9.02. The van der Waals surface area contributed by atoms with Crippen molar-refractivity contribution in [2.75, 3.05) is 11.9 Å². The molecule has 0 aliphatic carbocycles. The molecule has 2 aromatic heterocycles. The maximum atomic E-state index is 12.3. The second-order valence-electron chi connectivity index (χ2n) is 6.09. The Hall–Kier alpha value is -3.74. The van der Waals surface area contributed by atoms with Gasteiger partial charge in [0, 0.05) is 12.1 Å². The van der Waals surface area contributed by atoms with Crippen LogP contribution < -0.4 is 5.32 Å². The summed E-state index contributed by atoms with van der Waals surface area (Å²) in [6.07, 6.45) is 1.47. The van der Waals surface area contributed by atoms with E-state index in [1.807, 2.05) is 60.7 Å². The zero-order chi connectivity index (χ0) is 19.3. The molecule has 0 bridgehead atoms. The lowest BCUT2D eigenvalue weighted by Gasteiger charge is -2.10. The van der Waals surface area contributed by atoms with E-state index >= 15 is 0 Å². The van der Waals surface area contributed by atoms with Crippen molar-refractivity contribution in [3.8, 4) is 11.4 Å². The topological polar surface area (TPSA) is 81.4 Å².